The van der Waals surface area contributed by atoms with E-state index in [4.69, 9.17) is 4.74 Å². The molecule has 1 saturated heterocycles. The minimum atomic E-state index is 1.00. The highest BCUT2D eigenvalue weighted by molar-refractivity contribution is 4.47. The zero-order valence-electron chi connectivity index (χ0n) is 5.36. The van der Waals surface area contributed by atoms with E-state index in [1.165, 1.54) is 32.1 Å². The van der Waals surface area contributed by atoms with E-state index in [1.54, 1.807) is 0 Å². The van der Waals surface area contributed by atoms with Gasteiger partial charge in [0.15, 0.2) is 0 Å². The first-order chi connectivity index (χ1) is 4.00. The van der Waals surface area contributed by atoms with Gasteiger partial charge in [0, 0.05) is 13.2 Å². The van der Waals surface area contributed by atoms with Crippen molar-refractivity contribution in [3.63, 3.8) is 0 Å². The highest BCUT2D eigenvalue weighted by atomic mass is 16.5. The lowest BCUT2D eigenvalue weighted by Crippen LogP contribution is -2.00. The molecule has 0 aliphatic carbocycles. The van der Waals surface area contributed by atoms with Gasteiger partial charge in [-0.25, -0.2) is 0 Å². The molecule has 0 spiro atoms. The molecule has 0 N–H and O–H groups in total. The Morgan fingerprint density at radius 1 is 0.625 bits per heavy atom. The Kier molecular flexibility index (Phi) is 2.97. The van der Waals surface area contributed by atoms with Crippen molar-refractivity contribution in [2.75, 3.05) is 13.2 Å². The molecule has 1 heterocycles. The second-order valence-corrected chi connectivity index (χ2v) is 2.38. The third-order valence-electron chi connectivity index (χ3n) is 1.58. The molecule has 1 fully saturated rings. The lowest BCUT2D eigenvalue weighted by molar-refractivity contribution is 0.116. The van der Waals surface area contributed by atoms with Gasteiger partial charge in [-0.3, -0.25) is 0 Å². The van der Waals surface area contributed by atoms with Crippen LogP contribution in [0.25, 0.3) is 0 Å². The van der Waals surface area contributed by atoms with Crippen molar-refractivity contribution < 1.29 is 4.74 Å². The van der Waals surface area contributed by atoms with Crippen LogP contribution in [0.15, 0.2) is 0 Å². The quantitative estimate of drug-likeness (QED) is 0.468. The van der Waals surface area contributed by atoms with Crippen molar-refractivity contribution in [1.82, 2.24) is 0 Å². The molecule has 0 unspecified atom stereocenters. The lowest BCUT2D eigenvalue weighted by Gasteiger charge is -2.07. The summed E-state index contributed by atoms with van der Waals surface area (Å²) in [6.07, 6.45) is 6.73. The molecule has 1 rings (SSSR count). The van der Waals surface area contributed by atoms with Gasteiger partial charge in [0.25, 0.3) is 0 Å². The smallest absolute Gasteiger partial charge is 0.0466 e. The number of rotatable bonds is 0. The zero-order chi connectivity index (χ0) is 5.66. The summed E-state index contributed by atoms with van der Waals surface area (Å²) in [7, 11) is 0. The maximum atomic E-state index is 5.27. The third kappa shape index (κ3) is 2.31. The standard InChI is InChI=1S/C7H14O/c1-2-4-6-8-7-5-3-1/h1-7H2. The molecule has 0 atom stereocenters. The predicted molar refractivity (Wildman–Crippen MR) is 33.9 cm³/mol. The van der Waals surface area contributed by atoms with Gasteiger partial charge in [0.05, 0.1) is 0 Å². The molecule has 0 saturated carbocycles. The summed E-state index contributed by atoms with van der Waals surface area (Å²) in [5.41, 5.74) is 0. The molecule has 0 amide bonds. The van der Waals surface area contributed by atoms with Crippen molar-refractivity contribution in [3.05, 3.63) is 0 Å². The molecule has 1 heteroatoms. The summed E-state index contributed by atoms with van der Waals surface area (Å²) in [6, 6.07) is 0. The fourth-order valence-corrected chi connectivity index (χ4v) is 1.04. The van der Waals surface area contributed by atoms with Gasteiger partial charge in [-0.2, -0.15) is 0 Å². The summed E-state index contributed by atoms with van der Waals surface area (Å²) in [4.78, 5) is 0. The molecule has 1 aliphatic rings. The number of hydrogen-bond acceptors (Lipinski definition) is 1. The summed E-state index contributed by atoms with van der Waals surface area (Å²) < 4.78 is 5.27. The first-order valence-corrected chi connectivity index (χ1v) is 3.58. The topological polar surface area (TPSA) is 9.23 Å². The first-order valence-electron chi connectivity index (χ1n) is 3.58. The van der Waals surface area contributed by atoms with Crippen molar-refractivity contribution in [2.45, 2.75) is 32.1 Å². The summed E-state index contributed by atoms with van der Waals surface area (Å²) in [5.74, 6) is 0. The summed E-state index contributed by atoms with van der Waals surface area (Å²) >= 11 is 0. The van der Waals surface area contributed by atoms with Crippen LogP contribution in [-0.2, 0) is 4.74 Å². The number of ether oxygens (including phenoxy) is 1. The largest absolute Gasteiger partial charge is 0.381 e. The zero-order valence-corrected chi connectivity index (χ0v) is 5.36. The average molecular weight is 114 g/mol. The second-order valence-electron chi connectivity index (χ2n) is 2.38. The van der Waals surface area contributed by atoms with Crippen molar-refractivity contribution in [3.8, 4) is 0 Å². The van der Waals surface area contributed by atoms with Gasteiger partial charge >= 0.3 is 0 Å². The van der Waals surface area contributed by atoms with Crippen LogP contribution in [0.2, 0.25) is 0 Å². The Morgan fingerprint density at radius 3 is 1.75 bits per heavy atom. The minimum absolute atomic E-state index is 1.00. The van der Waals surface area contributed by atoms with E-state index in [-0.39, 0.29) is 0 Å². The molecule has 1 nitrogen and oxygen atoms in total. The monoisotopic (exact) mass is 114 g/mol. The highest BCUT2D eigenvalue weighted by Gasteiger charge is 1.95. The van der Waals surface area contributed by atoms with Crippen molar-refractivity contribution in [2.24, 2.45) is 0 Å². The van der Waals surface area contributed by atoms with E-state index in [1.807, 2.05) is 0 Å². The SMILES string of the molecule is C1CCCOCCC1. The van der Waals surface area contributed by atoms with Crippen LogP contribution in [-0.4, -0.2) is 13.2 Å². The average Bonchev–Trinajstić information content (AvgIpc) is 1.62. The molecule has 1 aliphatic heterocycles. The molecule has 0 radical (unpaired) electrons. The van der Waals surface area contributed by atoms with Gasteiger partial charge in [-0.1, -0.05) is 19.3 Å². The molecule has 8 heavy (non-hydrogen) atoms. The molecular formula is C7H14O. The molecule has 48 valence electrons. The van der Waals surface area contributed by atoms with Gasteiger partial charge in [-0.05, 0) is 12.8 Å². The van der Waals surface area contributed by atoms with Gasteiger partial charge < -0.3 is 4.74 Å². The first kappa shape index (κ1) is 6.09. The lowest BCUT2D eigenvalue weighted by atomic mass is 10.1. The highest BCUT2D eigenvalue weighted by Crippen LogP contribution is 2.06. The summed E-state index contributed by atoms with van der Waals surface area (Å²) in [5, 5.41) is 0. The van der Waals surface area contributed by atoms with Crippen molar-refractivity contribution in [1.29, 1.82) is 0 Å². The van der Waals surface area contributed by atoms with Gasteiger partial charge in [0.1, 0.15) is 0 Å². The predicted octanol–water partition coefficient (Wildman–Crippen LogP) is 1.97. The number of hydrogen-bond donors (Lipinski definition) is 0. The van der Waals surface area contributed by atoms with Crippen LogP contribution in [0.5, 0.6) is 0 Å². The van der Waals surface area contributed by atoms with Crippen LogP contribution in [0, 0.1) is 0 Å². The van der Waals surface area contributed by atoms with E-state index in [0.717, 1.165) is 13.2 Å². The fraction of sp³-hybridized carbons (Fsp3) is 1.00. The normalized spacial score (nSPS) is 24.0. The van der Waals surface area contributed by atoms with E-state index >= 15 is 0 Å². The summed E-state index contributed by atoms with van der Waals surface area (Å²) in [6.45, 7) is 2.00. The molecule has 0 aromatic rings. The van der Waals surface area contributed by atoms with E-state index < -0.39 is 0 Å². The Labute approximate surface area is 51.0 Å². The molecule has 0 bridgehead atoms. The van der Waals surface area contributed by atoms with Crippen LogP contribution >= 0.6 is 0 Å². The van der Waals surface area contributed by atoms with Crippen LogP contribution in [0.3, 0.4) is 0 Å². The van der Waals surface area contributed by atoms with Crippen LogP contribution in [0.4, 0.5) is 0 Å². The van der Waals surface area contributed by atoms with E-state index in [9.17, 15) is 0 Å². The molecule has 0 aromatic heterocycles. The van der Waals surface area contributed by atoms with Gasteiger partial charge in [-0.15, -0.1) is 0 Å². The third-order valence-corrected chi connectivity index (χ3v) is 1.58. The Bertz CT molecular complexity index is 28.3. The van der Waals surface area contributed by atoms with E-state index in [2.05, 4.69) is 0 Å². The molecular weight excluding hydrogens is 100 g/mol. The van der Waals surface area contributed by atoms with E-state index in [0.29, 0.717) is 0 Å². The molecule has 0 aromatic carbocycles. The minimum Gasteiger partial charge on any atom is -0.381 e. The Balaban J connectivity index is 2.00. The Hall–Kier alpha value is -0.0400. The second kappa shape index (κ2) is 3.90. The Morgan fingerprint density at radius 2 is 1.12 bits per heavy atom. The maximum absolute atomic E-state index is 5.27. The maximum Gasteiger partial charge on any atom is 0.0466 e. The van der Waals surface area contributed by atoms with Crippen molar-refractivity contribution >= 4 is 0 Å². The van der Waals surface area contributed by atoms with Crippen LogP contribution < -0.4 is 0 Å². The fourth-order valence-electron chi connectivity index (χ4n) is 1.04. The van der Waals surface area contributed by atoms with Crippen LogP contribution in [0.1, 0.15) is 32.1 Å². The van der Waals surface area contributed by atoms with Gasteiger partial charge in [0.2, 0.25) is 0 Å².